The van der Waals surface area contributed by atoms with Crippen LogP contribution in [0.2, 0.25) is 4.34 Å². The van der Waals surface area contributed by atoms with E-state index < -0.39 is 6.10 Å². The molecule has 0 bridgehead atoms. The average Bonchev–Trinajstić information content (AvgIpc) is 3.18. The first-order chi connectivity index (χ1) is 14.1. The monoisotopic (exact) mass is 443 g/mol. The smallest absolute Gasteiger partial charge is 0.236 e. The third-order valence-electron chi connectivity index (χ3n) is 5.07. The van der Waals surface area contributed by atoms with Crippen molar-refractivity contribution in [3.63, 3.8) is 0 Å². The van der Waals surface area contributed by atoms with Crippen molar-refractivity contribution in [1.82, 2.24) is 20.0 Å². The summed E-state index contributed by atoms with van der Waals surface area (Å²) in [5.41, 5.74) is 0. The molecule has 1 unspecified atom stereocenters. The number of aliphatic hydroxyl groups excluding tert-OH is 1. The predicted molar refractivity (Wildman–Crippen MR) is 116 cm³/mol. The SMILES string of the molecule is CCNC(=NCC(O)c1ccc(Cl)s1)N1CCN(CC(=O)N2CCOCC2)CC1. The van der Waals surface area contributed by atoms with Gasteiger partial charge in [0.1, 0.15) is 6.10 Å². The minimum atomic E-state index is -0.659. The maximum absolute atomic E-state index is 12.4. The molecule has 0 saturated carbocycles. The summed E-state index contributed by atoms with van der Waals surface area (Å²) in [6.45, 7) is 9.38. The largest absolute Gasteiger partial charge is 0.386 e. The topological polar surface area (TPSA) is 80.6 Å². The van der Waals surface area contributed by atoms with E-state index in [0.29, 0.717) is 37.2 Å². The van der Waals surface area contributed by atoms with Gasteiger partial charge in [-0.05, 0) is 19.1 Å². The molecule has 2 fully saturated rings. The third kappa shape index (κ3) is 6.55. The van der Waals surface area contributed by atoms with Gasteiger partial charge in [0.25, 0.3) is 0 Å². The number of hydrogen-bond donors (Lipinski definition) is 2. The fourth-order valence-electron chi connectivity index (χ4n) is 3.42. The number of halogens is 1. The normalized spacial score (nSPS) is 20.0. The van der Waals surface area contributed by atoms with Crippen LogP contribution in [0, 0.1) is 0 Å². The van der Waals surface area contributed by atoms with Crippen molar-refractivity contribution >= 4 is 34.8 Å². The number of nitrogens with zero attached hydrogens (tertiary/aromatic N) is 4. The van der Waals surface area contributed by atoms with Crippen LogP contribution in [0.3, 0.4) is 0 Å². The molecule has 162 valence electrons. The molecular formula is C19H30ClN5O3S. The van der Waals surface area contributed by atoms with E-state index in [-0.39, 0.29) is 12.5 Å². The number of ether oxygens (including phenoxy) is 1. The zero-order chi connectivity index (χ0) is 20.6. The number of aliphatic hydroxyl groups is 1. The summed E-state index contributed by atoms with van der Waals surface area (Å²) >= 11 is 7.33. The number of piperazine rings is 1. The molecule has 1 atom stereocenters. The average molecular weight is 444 g/mol. The number of aliphatic imine (C=N–C) groups is 1. The highest BCUT2D eigenvalue weighted by atomic mass is 35.5. The molecule has 1 amide bonds. The lowest BCUT2D eigenvalue weighted by Crippen LogP contribution is -2.55. The third-order valence-corrected chi connectivity index (χ3v) is 6.40. The van der Waals surface area contributed by atoms with Crippen molar-refractivity contribution in [2.45, 2.75) is 13.0 Å². The van der Waals surface area contributed by atoms with Crippen LogP contribution in [-0.2, 0) is 9.53 Å². The maximum atomic E-state index is 12.4. The molecular weight excluding hydrogens is 414 g/mol. The zero-order valence-electron chi connectivity index (χ0n) is 16.8. The summed E-state index contributed by atoms with van der Waals surface area (Å²) in [6, 6.07) is 3.63. The van der Waals surface area contributed by atoms with E-state index in [1.165, 1.54) is 11.3 Å². The Bertz CT molecular complexity index is 687. The van der Waals surface area contributed by atoms with Crippen molar-refractivity contribution < 1.29 is 14.6 Å². The maximum Gasteiger partial charge on any atom is 0.236 e. The van der Waals surface area contributed by atoms with E-state index in [0.717, 1.165) is 43.6 Å². The molecule has 2 aliphatic heterocycles. The van der Waals surface area contributed by atoms with Gasteiger partial charge in [-0.15, -0.1) is 11.3 Å². The van der Waals surface area contributed by atoms with Gasteiger partial charge in [0, 0.05) is 50.7 Å². The van der Waals surface area contributed by atoms with Crippen molar-refractivity contribution in [2.75, 3.05) is 72.1 Å². The second-order valence-corrected chi connectivity index (χ2v) is 8.86. The lowest BCUT2D eigenvalue weighted by molar-refractivity contribution is -0.136. The number of amides is 1. The van der Waals surface area contributed by atoms with Gasteiger partial charge in [0.2, 0.25) is 5.91 Å². The number of guanidine groups is 1. The van der Waals surface area contributed by atoms with Crippen LogP contribution in [-0.4, -0.2) is 104 Å². The molecule has 0 radical (unpaired) electrons. The van der Waals surface area contributed by atoms with Crippen LogP contribution >= 0.6 is 22.9 Å². The van der Waals surface area contributed by atoms with E-state index in [4.69, 9.17) is 16.3 Å². The van der Waals surface area contributed by atoms with Crippen molar-refractivity contribution in [2.24, 2.45) is 4.99 Å². The van der Waals surface area contributed by atoms with Crippen LogP contribution in [0.1, 0.15) is 17.9 Å². The van der Waals surface area contributed by atoms with Crippen molar-refractivity contribution in [3.05, 3.63) is 21.3 Å². The van der Waals surface area contributed by atoms with Crippen LogP contribution < -0.4 is 5.32 Å². The molecule has 1 aromatic heterocycles. The number of nitrogens with one attached hydrogen (secondary N) is 1. The molecule has 10 heteroatoms. The molecule has 2 N–H and O–H groups in total. The Hall–Kier alpha value is -1.39. The first-order valence-electron chi connectivity index (χ1n) is 10.1. The van der Waals surface area contributed by atoms with E-state index in [1.807, 2.05) is 17.9 Å². The van der Waals surface area contributed by atoms with Gasteiger partial charge >= 0.3 is 0 Å². The zero-order valence-corrected chi connectivity index (χ0v) is 18.4. The van der Waals surface area contributed by atoms with Gasteiger partial charge in [0.05, 0.1) is 30.6 Å². The minimum Gasteiger partial charge on any atom is -0.386 e. The van der Waals surface area contributed by atoms with Crippen molar-refractivity contribution in [3.8, 4) is 0 Å². The van der Waals surface area contributed by atoms with Gasteiger partial charge < -0.3 is 25.0 Å². The quantitative estimate of drug-likeness (QED) is 0.501. The Morgan fingerprint density at radius 2 is 1.97 bits per heavy atom. The first kappa shape index (κ1) is 22.3. The molecule has 0 spiro atoms. The Kier molecular flexibility index (Phi) is 8.55. The van der Waals surface area contributed by atoms with Gasteiger partial charge in [0.15, 0.2) is 5.96 Å². The van der Waals surface area contributed by atoms with E-state index in [9.17, 15) is 9.90 Å². The van der Waals surface area contributed by atoms with Gasteiger partial charge in [-0.3, -0.25) is 14.7 Å². The van der Waals surface area contributed by atoms with Gasteiger partial charge in [-0.2, -0.15) is 0 Å². The molecule has 1 aromatic rings. The number of morpholine rings is 1. The molecule has 0 aliphatic carbocycles. The summed E-state index contributed by atoms with van der Waals surface area (Å²) in [7, 11) is 0. The molecule has 29 heavy (non-hydrogen) atoms. The highest BCUT2D eigenvalue weighted by Crippen LogP contribution is 2.27. The van der Waals surface area contributed by atoms with Gasteiger partial charge in [-0.25, -0.2) is 0 Å². The van der Waals surface area contributed by atoms with E-state index in [2.05, 4.69) is 20.1 Å². The molecule has 0 aromatic carbocycles. The predicted octanol–water partition coefficient (Wildman–Crippen LogP) is 0.877. The molecule has 3 rings (SSSR count). The van der Waals surface area contributed by atoms with Gasteiger partial charge in [-0.1, -0.05) is 11.6 Å². The summed E-state index contributed by atoms with van der Waals surface area (Å²) in [4.78, 5) is 24.2. The summed E-state index contributed by atoms with van der Waals surface area (Å²) in [5, 5.41) is 13.7. The Morgan fingerprint density at radius 3 is 2.59 bits per heavy atom. The lowest BCUT2D eigenvalue weighted by atomic mass is 10.3. The number of carbonyl (C=O) groups is 1. The molecule has 8 nitrogen and oxygen atoms in total. The number of rotatable bonds is 6. The van der Waals surface area contributed by atoms with Crippen LogP contribution in [0.15, 0.2) is 17.1 Å². The Morgan fingerprint density at radius 1 is 1.24 bits per heavy atom. The van der Waals surface area contributed by atoms with Crippen LogP contribution in [0.5, 0.6) is 0 Å². The minimum absolute atomic E-state index is 0.181. The van der Waals surface area contributed by atoms with Crippen LogP contribution in [0.4, 0.5) is 0 Å². The highest BCUT2D eigenvalue weighted by molar-refractivity contribution is 7.16. The number of carbonyl (C=O) groups excluding carboxylic acids is 1. The lowest BCUT2D eigenvalue weighted by Gasteiger charge is -2.37. The fraction of sp³-hybridized carbons (Fsp3) is 0.684. The Labute approximate surface area is 181 Å². The standard InChI is InChI=1S/C19H30ClN5O3S/c1-2-21-19(22-13-15(26)16-3-4-17(20)29-16)25-7-5-23(6-8-25)14-18(27)24-9-11-28-12-10-24/h3-4,15,26H,2,5-14H2,1H3,(H,21,22). The van der Waals surface area contributed by atoms with E-state index in [1.54, 1.807) is 6.07 Å². The second-order valence-electron chi connectivity index (χ2n) is 7.11. The summed E-state index contributed by atoms with van der Waals surface area (Å²) < 4.78 is 5.98. The number of thiophene rings is 1. The van der Waals surface area contributed by atoms with E-state index >= 15 is 0 Å². The summed E-state index contributed by atoms with van der Waals surface area (Å²) in [5.74, 6) is 0.980. The van der Waals surface area contributed by atoms with Crippen molar-refractivity contribution in [1.29, 1.82) is 0 Å². The fourth-order valence-corrected chi connectivity index (χ4v) is 4.46. The van der Waals surface area contributed by atoms with Crippen LogP contribution in [0.25, 0.3) is 0 Å². The molecule has 2 aliphatic rings. The molecule has 3 heterocycles. The number of hydrogen-bond acceptors (Lipinski definition) is 6. The highest BCUT2D eigenvalue weighted by Gasteiger charge is 2.24. The second kappa shape index (κ2) is 11.1. The Balaban J connectivity index is 1.49. The summed E-state index contributed by atoms with van der Waals surface area (Å²) in [6.07, 6.45) is -0.659. The molecule has 2 saturated heterocycles. The first-order valence-corrected chi connectivity index (χ1v) is 11.3.